The second-order valence-electron chi connectivity index (χ2n) is 2.67. The van der Waals surface area contributed by atoms with Crippen LogP contribution in [0.1, 0.15) is 15.9 Å². The maximum Gasteiger partial charge on any atom is 0.263 e. The van der Waals surface area contributed by atoms with E-state index >= 15 is 0 Å². The van der Waals surface area contributed by atoms with E-state index in [1.807, 2.05) is 0 Å². The van der Waals surface area contributed by atoms with Crippen molar-refractivity contribution in [2.45, 2.75) is 0 Å². The number of hydrogen-bond donors (Lipinski definition) is 1. The lowest BCUT2D eigenvalue weighted by atomic mass is 10.2. The molecular formula is C9H10N2O2. The Morgan fingerprint density at radius 1 is 1.69 bits per heavy atom. The smallest absolute Gasteiger partial charge is 0.263 e. The number of carbonyl (C=O) groups excluding carboxylic acids is 1. The summed E-state index contributed by atoms with van der Waals surface area (Å²) < 4.78 is 1.30. The molecule has 0 aromatic carbocycles. The standard InChI is InChI=1S/C9H10N2O2/c1-3-6-4-7(8(10)12)9(13)11(2)5-6/h3-5H,1H2,2H3,(H2,10,12). The average molecular weight is 178 g/mol. The Labute approximate surface area is 75.3 Å². The molecule has 68 valence electrons. The molecule has 0 aliphatic carbocycles. The Morgan fingerprint density at radius 3 is 2.77 bits per heavy atom. The van der Waals surface area contributed by atoms with E-state index in [9.17, 15) is 9.59 Å². The van der Waals surface area contributed by atoms with E-state index in [4.69, 9.17) is 5.73 Å². The summed E-state index contributed by atoms with van der Waals surface area (Å²) in [5.74, 6) is -0.718. The van der Waals surface area contributed by atoms with Crippen LogP contribution >= 0.6 is 0 Å². The number of primary amides is 1. The molecule has 4 nitrogen and oxygen atoms in total. The van der Waals surface area contributed by atoms with Gasteiger partial charge in [0.25, 0.3) is 11.5 Å². The number of nitrogens with zero attached hydrogens (tertiary/aromatic N) is 1. The molecule has 4 heteroatoms. The van der Waals surface area contributed by atoms with Crippen LogP contribution in [0.5, 0.6) is 0 Å². The molecule has 13 heavy (non-hydrogen) atoms. The van der Waals surface area contributed by atoms with Crippen molar-refractivity contribution in [2.75, 3.05) is 0 Å². The predicted octanol–water partition coefficient (Wildman–Crippen LogP) is 0.127. The summed E-state index contributed by atoms with van der Waals surface area (Å²) in [6.45, 7) is 3.53. The summed E-state index contributed by atoms with van der Waals surface area (Å²) >= 11 is 0. The Balaban J connectivity index is 3.51. The van der Waals surface area contributed by atoms with Crippen molar-refractivity contribution < 1.29 is 4.79 Å². The molecule has 1 aromatic heterocycles. The van der Waals surface area contributed by atoms with Crippen molar-refractivity contribution in [3.8, 4) is 0 Å². The van der Waals surface area contributed by atoms with Crippen LogP contribution in [0.2, 0.25) is 0 Å². The largest absolute Gasteiger partial charge is 0.365 e. The lowest BCUT2D eigenvalue weighted by Gasteiger charge is -2.02. The molecule has 0 spiro atoms. The van der Waals surface area contributed by atoms with Gasteiger partial charge in [0.2, 0.25) is 0 Å². The monoisotopic (exact) mass is 178 g/mol. The van der Waals surface area contributed by atoms with Crippen LogP contribution in [0.3, 0.4) is 0 Å². The summed E-state index contributed by atoms with van der Waals surface area (Å²) in [6, 6.07) is 1.43. The first kappa shape index (κ1) is 9.25. The Hall–Kier alpha value is -1.84. The molecule has 2 N–H and O–H groups in total. The number of rotatable bonds is 2. The summed E-state index contributed by atoms with van der Waals surface area (Å²) in [6.07, 6.45) is 3.13. The maximum absolute atomic E-state index is 11.3. The molecule has 1 rings (SSSR count). The van der Waals surface area contributed by atoms with Crippen LogP contribution in [0.15, 0.2) is 23.6 Å². The third kappa shape index (κ3) is 1.66. The van der Waals surface area contributed by atoms with Gasteiger partial charge in [0.1, 0.15) is 5.56 Å². The van der Waals surface area contributed by atoms with Gasteiger partial charge < -0.3 is 10.3 Å². The molecule has 0 unspecified atom stereocenters. The second-order valence-corrected chi connectivity index (χ2v) is 2.67. The van der Waals surface area contributed by atoms with Crippen molar-refractivity contribution >= 4 is 12.0 Å². The van der Waals surface area contributed by atoms with Gasteiger partial charge in [0, 0.05) is 13.2 Å². The molecule has 1 heterocycles. The summed E-state index contributed by atoms with van der Waals surface area (Å²) in [4.78, 5) is 22.1. The number of aryl methyl sites for hydroxylation is 1. The van der Waals surface area contributed by atoms with Gasteiger partial charge in [0.15, 0.2) is 0 Å². The highest BCUT2D eigenvalue weighted by Crippen LogP contribution is 2.00. The highest BCUT2D eigenvalue weighted by atomic mass is 16.2. The fraction of sp³-hybridized carbons (Fsp3) is 0.111. The van der Waals surface area contributed by atoms with Crippen LogP contribution in [0.4, 0.5) is 0 Å². The van der Waals surface area contributed by atoms with Crippen molar-refractivity contribution in [1.29, 1.82) is 0 Å². The lowest BCUT2D eigenvalue weighted by molar-refractivity contribution is 0.0998. The SMILES string of the molecule is C=Cc1cc(C(N)=O)c(=O)n(C)c1. The summed E-state index contributed by atoms with van der Waals surface area (Å²) in [5, 5.41) is 0. The van der Waals surface area contributed by atoms with Gasteiger partial charge in [-0.1, -0.05) is 12.7 Å². The number of pyridine rings is 1. The summed E-state index contributed by atoms with van der Waals surface area (Å²) in [5.41, 5.74) is 5.31. The van der Waals surface area contributed by atoms with Gasteiger partial charge in [0.05, 0.1) is 0 Å². The van der Waals surface area contributed by atoms with Gasteiger partial charge >= 0.3 is 0 Å². The second kappa shape index (κ2) is 3.26. The number of amides is 1. The normalized spacial score (nSPS) is 9.62. The van der Waals surface area contributed by atoms with Gasteiger partial charge in [-0.2, -0.15) is 0 Å². The Kier molecular flexibility index (Phi) is 2.32. The van der Waals surface area contributed by atoms with E-state index in [1.165, 1.54) is 10.6 Å². The quantitative estimate of drug-likeness (QED) is 0.699. The number of hydrogen-bond acceptors (Lipinski definition) is 2. The molecule has 0 aliphatic rings. The number of nitrogens with two attached hydrogens (primary N) is 1. The topological polar surface area (TPSA) is 65.1 Å². The van der Waals surface area contributed by atoms with Crippen LogP contribution in [-0.4, -0.2) is 10.5 Å². The Morgan fingerprint density at radius 2 is 2.31 bits per heavy atom. The van der Waals surface area contributed by atoms with E-state index in [2.05, 4.69) is 6.58 Å². The molecule has 0 bridgehead atoms. The first-order valence-electron chi connectivity index (χ1n) is 3.69. The number of carbonyl (C=O) groups is 1. The molecule has 1 amide bonds. The molecule has 0 radical (unpaired) electrons. The highest BCUT2D eigenvalue weighted by molar-refractivity contribution is 5.92. The van der Waals surface area contributed by atoms with E-state index < -0.39 is 11.5 Å². The molecule has 0 saturated carbocycles. The zero-order chi connectivity index (χ0) is 10.0. The summed E-state index contributed by atoms with van der Waals surface area (Å²) in [7, 11) is 1.56. The lowest BCUT2D eigenvalue weighted by Crippen LogP contribution is -2.27. The van der Waals surface area contributed by atoms with E-state index in [0.717, 1.165) is 0 Å². The first-order valence-corrected chi connectivity index (χ1v) is 3.69. The van der Waals surface area contributed by atoms with Crippen LogP contribution in [0.25, 0.3) is 6.08 Å². The molecule has 0 saturated heterocycles. The number of aromatic nitrogens is 1. The van der Waals surface area contributed by atoms with Gasteiger partial charge in [-0.15, -0.1) is 0 Å². The van der Waals surface area contributed by atoms with Crippen LogP contribution < -0.4 is 11.3 Å². The van der Waals surface area contributed by atoms with Crippen LogP contribution in [0, 0.1) is 0 Å². The van der Waals surface area contributed by atoms with Crippen molar-refractivity contribution in [3.63, 3.8) is 0 Å². The van der Waals surface area contributed by atoms with Crippen molar-refractivity contribution in [3.05, 3.63) is 40.3 Å². The van der Waals surface area contributed by atoms with E-state index in [-0.39, 0.29) is 5.56 Å². The fourth-order valence-corrected chi connectivity index (χ4v) is 1.03. The van der Waals surface area contributed by atoms with Crippen molar-refractivity contribution in [2.24, 2.45) is 12.8 Å². The van der Waals surface area contributed by atoms with Gasteiger partial charge in [-0.05, 0) is 11.6 Å². The average Bonchev–Trinajstić information content (AvgIpc) is 2.09. The third-order valence-corrected chi connectivity index (χ3v) is 1.71. The maximum atomic E-state index is 11.3. The molecule has 1 aromatic rings. The minimum Gasteiger partial charge on any atom is -0.365 e. The zero-order valence-electron chi connectivity index (χ0n) is 7.28. The van der Waals surface area contributed by atoms with Crippen molar-refractivity contribution in [1.82, 2.24) is 4.57 Å². The Bertz CT molecular complexity index is 418. The molecule has 0 aliphatic heterocycles. The van der Waals surface area contributed by atoms with Gasteiger partial charge in [-0.3, -0.25) is 9.59 Å². The van der Waals surface area contributed by atoms with Gasteiger partial charge in [-0.25, -0.2) is 0 Å². The minimum atomic E-state index is -0.718. The third-order valence-electron chi connectivity index (χ3n) is 1.71. The van der Waals surface area contributed by atoms with E-state index in [0.29, 0.717) is 5.56 Å². The van der Waals surface area contributed by atoms with Crippen LogP contribution in [-0.2, 0) is 7.05 Å². The fourth-order valence-electron chi connectivity index (χ4n) is 1.03. The molecule has 0 atom stereocenters. The molecule has 0 fully saturated rings. The zero-order valence-corrected chi connectivity index (χ0v) is 7.28. The minimum absolute atomic E-state index is 0.0140. The molecular weight excluding hydrogens is 168 g/mol. The predicted molar refractivity (Wildman–Crippen MR) is 50.3 cm³/mol. The van der Waals surface area contributed by atoms with E-state index in [1.54, 1.807) is 19.3 Å². The highest BCUT2D eigenvalue weighted by Gasteiger charge is 2.07. The first-order chi connectivity index (χ1) is 6.06.